The van der Waals surface area contributed by atoms with Gasteiger partial charge in [0.1, 0.15) is 0 Å². The van der Waals surface area contributed by atoms with Gasteiger partial charge in [-0.2, -0.15) is 13.2 Å². The molecule has 0 radical (unpaired) electrons. The molecule has 0 aliphatic carbocycles. The zero-order valence-corrected chi connectivity index (χ0v) is 12.5. The first-order valence-corrected chi connectivity index (χ1v) is 6.91. The molecule has 0 aliphatic rings. The van der Waals surface area contributed by atoms with Crippen molar-refractivity contribution in [2.75, 3.05) is 5.32 Å². The number of halogens is 5. The van der Waals surface area contributed by atoms with Crippen molar-refractivity contribution in [3.63, 3.8) is 0 Å². The summed E-state index contributed by atoms with van der Waals surface area (Å²) in [5.74, 6) is 0. The minimum Gasteiger partial charge on any atom is -0.378 e. The molecule has 6 heteroatoms. The molecule has 1 atom stereocenters. The summed E-state index contributed by atoms with van der Waals surface area (Å²) in [7, 11) is 0. The van der Waals surface area contributed by atoms with E-state index < -0.39 is 11.7 Å². The summed E-state index contributed by atoms with van der Waals surface area (Å²) < 4.78 is 38.3. The molecular formula is C15H12Cl2F3N. The molecule has 0 aromatic heterocycles. The molecule has 1 unspecified atom stereocenters. The van der Waals surface area contributed by atoms with Crippen LogP contribution in [0, 0.1) is 0 Å². The summed E-state index contributed by atoms with van der Waals surface area (Å²) in [6.45, 7) is 1.81. The van der Waals surface area contributed by atoms with Gasteiger partial charge in [0, 0.05) is 21.8 Å². The number of nitrogens with one attached hydrogen (secondary N) is 1. The zero-order valence-electron chi connectivity index (χ0n) is 11.0. The maximum Gasteiger partial charge on any atom is 0.416 e. The highest BCUT2D eigenvalue weighted by Crippen LogP contribution is 2.34. The van der Waals surface area contributed by atoms with E-state index in [2.05, 4.69) is 5.32 Å². The van der Waals surface area contributed by atoms with Crippen LogP contribution in [-0.2, 0) is 6.18 Å². The predicted octanol–water partition coefficient (Wildman–Crippen LogP) is 6.19. The van der Waals surface area contributed by atoms with Crippen LogP contribution in [0.2, 0.25) is 10.0 Å². The van der Waals surface area contributed by atoms with Crippen molar-refractivity contribution in [3.8, 4) is 0 Å². The molecular weight excluding hydrogens is 322 g/mol. The van der Waals surface area contributed by atoms with E-state index in [0.29, 0.717) is 10.7 Å². The standard InChI is InChI=1S/C15H12Cl2F3N/c1-9(13-4-2-3-5-14(13)17)21-12-7-10(15(18,19)20)6-11(16)8-12/h2-9,21H,1H3. The molecule has 21 heavy (non-hydrogen) atoms. The Morgan fingerprint density at radius 2 is 1.71 bits per heavy atom. The highest BCUT2D eigenvalue weighted by atomic mass is 35.5. The van der Waals surface area contributed by atoms with Crippen LogP contribution in [0.15, 0.2) is 42.5 Å². The number of rotatable bonds is 3. The molecule has 2 rings (SSSR count). The van der Waals surface area contributed by atoms with Gasteiger partial charge in [0.25, 0.3) is 0 Å². The van der Waals surface area contributed by atoms with Gasteiger partial charge >= 0.3 is 6.18 Å². The third-order valence-corrected chi connectivity index (χ3v) is 3.54. The molecule has 0 spiro atoms. The molecule has 2 aromatic rings. The molecule has 112 valence electrons. The predicted molar refractivity (Wildman–Crippen MR) is 79.9 cm³/mol. The van der Waals surface area contributed by atoms with Gasteiger partial charge in [-0.15, -0.1) is 0 Å². The molecule has 0 bridgehead atoms. The minimum atomic E-state index is -4.44. The quantitative estimate of drug-likeness (QED) is 0.706. The number of alkyl halides is 3. The SMILES string of the molecule is CC(Nc1cc(Cl)cc(C(F)(F)F)c1)c1ccccc1Cl. The Morgan fingerprint density at radius 1 is 1.05 bits per heavy atom. The normalized spacial score (nSPS) is 13.0. The van der Waals surface area contributed by atoms with Crippen LogP contribution in [0.4, 0.5) is 18.9 Å². The van der Waals surface area contributed by atoms with Crippen molar-refractivity contribution >= 4 is 28.9 Å². The van der Waals surface area contributed by atoms with Gasteiger partial charge in [-0.25, -0.2) is 0 Å². The molecule has 0 aliphatic heterocycles. The van der Waals surface area contributed by atoms with Crippen LogP contribution in [0.5, 0.6) is 0 Å². The highest BCUT2D eigenvalue weighted by Gasteiger charge is 2.31. The van der Waals surface area contributed by atoms with Crippen molar-refractivity contribution in [2.45, 2.75) is 19.1 Å². The van der Waals surface area contributed by atoms with E-state index in [0.717, 1.165) is 17.7 Å². The third-order valence-electron chi connectivity index (χ3n) is 2.98. The first kappa shape index (κ1) is 16.0. The number of hydrogen-bond donors (Lipinski definition) is 1. The number of hydrogen-bond acceptors (Lipinski definition) is 1. The van der Waals surface area contributed by atoms with E-state index in [1.807, 2.05) is 19.1 Å². The van der Waals surface area contributed by atoms with Crippen molar-refractivity contribution in [3.05, 3.63) is 63.6 Å². The third kappa shape index (κ3) is 4.05. The topological polar surface area (TPSA) is 12.0 Å². The van der Waals surface area contributed by atoms with Crippen LogP contribution in [0.25, 0.3) is 0 Å². The monoisotopic (exact) mass is 333 g/mol. The molecule has 1 N–H and O–H groups in total. The molecule has 0 heterocycles. The lowest BCUT2D eigenvalue weighted by atomic mass is 10.1. The largest absolute Gasteiger partial charge is 0.416 e. The maximum absolute atomic E-state index is 12.8. The second-order valence-electron chi connectivity index (χ2n) is 4.61. The second kappa shape index (κ2) is 6.16. The first-order valence-electron chi connectivity index (χ1n) is 6.16. The summed E-state index contributed by atoms with van der Waals surface area (Å²) in [6, 6.07) is 10.3. The Kier molecular flexibility index (Phi) is 4.69. The van der Waals surface area contributed by atoms with E-state index >= 15 is 0 Å². The van der Waals surface area contributed by atoms with Gasteiger partial charge in [0.05, 0.1) is 5.56 Å². The summed E-state index contributed by atoms with van der Waals surface area (Å²) in [5, 5.41) is 3.56. The number of anilines is 1. The van der Waals surface area contributed by atoms with Crippen molar-refractivity contribution < 1.29 is 13.2 Å². The maximum atomic E-state index is 12.8. The van der Waals surface area contributed by atoms with E-state index in [1.165, 1.54) is 6.07 Å². The Bertz CT molecular complexity index is 641. The molecule has 0 amide bonds. The Balaban J connectivity index is 2.28. The summed E-state index contributed by atoms with van der Waals surface area (Å²) in [6.07, 6.45) is -4.44. The second-order valence-corrected chi connectivity index (χ2v) is 5.46. The van der Waals surface area contributed by atoms with Gasteiger partial charge in [-0.05, 0) is 36.8 Å². The molecule has 0 fully saturated rings. The smallest absolute Gasteiger partial charge is 0.378 e. The van der Waals surface area contributed by atoms with E-state index in [1.54, 1.807) is 12.1 Å². The molecule has 0 saturated carbocycles. The molecule has 0 saturated heterocycles. The lowest BCUT2D eigenvalue weighted by Gasteiger charge is -2.18. The Labute approximate surface area is 130 Å². The average molecular weight is 334 g/mol. The van der Waals surface area contributed by atoms with E-state index in [9.17, 15) is 13.2 Å². The van der Waals surface area contributed by atoms with Gasteiger partial charge in [-0.1, -0.05) is 41.4 Å². The van der Waals surface area contributed by atoms with Gasteiger partial charge in [0.15, 0.2) is 0 Å². The summed E-state index contributed by atoms with van der Waals surface area (Å²) >= 11 is 11.8. The van der Waals surface area contributed by atoms with E-state index in [4.69, 9.17) is 23.2 Å². The summed E-state index contributed by atoms with van der Waals surface area (Å²) in [5.41, 5.74) is 0.304. The highest BCUT2D eigenvalue weighted by molar-refractivity contribution is 6.31. The van der Waals surface area contributed by atoms with Crippen LogP contribution < -0.4 is 5.32 Å². The van der Waals surface area contributed by atoms with Crippen LogP contribution in [0.3, 0.4) is 0 Å². The van der Waals surface area contributed by atoms with Crippen LogP contribution in [-0.4, -0.2) is 0 Å². The molecule has 1 nitrogen and oxygen atoms in total. The fourth-order valence-electron chi connectivity index (χ4n) is 1.99. The van der Waals surface area contributed by atoms with Crippen molar-refractivity contribution in [2.24, 2.45) is 0 Å². The lowest BCUT2D eigenvalue weighted by molar-refractivity contribution is -0.137. The fraction of sp³-hybridized carbons (Fsp3) is 0.200. The van der Waals surface area contributed by atoms with E-state index in [-0.39, 0.29) is 11.1 Å². The van der Waals surface area contributed by atoms with Gasteiger partial charge in [-0.3, -0.25) is 0 Å². The summed E-state index contributed by atoms with van der Waals surface area (Å²) in [4.78, 5) is 0. The average Bonchev–Trinajstić information content (AvgIpc) is 2.37. The fourth-order valence-corrected chi connectivity index (χ4v) is 2.53. The van der Waals surface area contributed by atoms with Crippen LogP contribution >= 0.6 is 23.2 Å². The zero-order chi connectivity index (χ0) is 15.6. The molecule has 2 aromatic carbocycles. The number of benzene rings is 2. The van der Waals surface area contributed by atoms with Crippen LogP contribution in [0.1, 0.15) is 24.1 Å². The lowest BCUT2D eigenvalue weighted by Crippen LogP contribution is -2.10. The first-order chi connectivity index (χ1) is 9.77. The van der Waals surface area contributed by atoms with Crippen molar-refractivity contribution in [1.82, 2.24) is 0 Å². The van der Waals surface area contributed by atoms with Gasteiger partial charge < -0.3 is 5.32 Å². The Hall–Kier alpha value is -1.39. The van der Waals surface area contributed by atoms with Gasteiger partial charge in [0.2, 0.25) is 0 Å². The minimum absolute atomic E-state index is 0.0266. The van der Waals surface area contributed by atoms with Crippen molar-refractivity contribution in [1.29, 1.82) is 0 Å². The Morgan fingerprint density at radius 3 is 2.33 bits per heavy atom.